The van der Waals surface area contributed by atoms with Gasteiger partial charge in [-0.3, -0.25) is 14.8 Å². The Kier molecular flexibility index (Phi) is 4.21. The number of hydrogen-bond acceptors (Lipinski definition) is 4. The van der Waals surface area contributed by atoms with Crippen LogP contribution in [-0.2, 0) is 15.4 Å². The van der Waals surface area contributed by atoms with Gasteiger partial charge in [0.25, 0.3) is 15.7 Å². The minimum atomic E-state index is -3.79. The van der Waals surface area contributed by atoms with Gasteiger partial charge < -0.3 is 0 Å². The molecule has 0 radical (unpaired) electrons. The Hall–Kier alpha value is -2.41. The lowest BCUT2D eigenvalue weighted by molar-refractivity contribution is -0.384. The van der Waals surface area contributed by atoms with Crippen LogP contribution in [0.4, 0.5) is 11.4 Å². The van der Waals surface area contributed by atoms with Gasteiger partial charge in [-0.1, -0.05) is 12.1 Å². The Bertz CT molecular complexity index is 1010. The van der Waals surface area contributed by atoms with Crippen LogP contribution in [0.2, 0.25) is 0 Å². The topological polar surface area (TPSA) is 89.3 Å². The fourth-order valence-electron chi connectivity index (χ4n) is 6.32. The van der Waals surface area contributed by atoms with Crippen LogP contribution in [0.25, 0.3) is 0 Å². The van der Waals surface area contributed by atoms with E-state index in [1.54, 1.807) is 0 Å². The lowest BCUT2D eigenvalue weighted by Gasteiger charge is -2.57. The van der Waals surface area contributed by atoms with Crippen molar-refractivity contribution < 1.29 is 13.3 Å². The maximum absolute atomic E-state index is 12.6. The van der Waals surface area contributed by atoms with Crippen molar-refractivity contribution in [3.05, 3.63) is 64.2 Å². The number of sulfonamides is 1. The first-order valence-corrected chi connectivity index (χ1v) is 11.7. The molecule has 2 aromatic rings. The average Bonchev–Trinajstić information content (AvgIpc) is 2.67. The lowest BCUT2D eigenvalue weighted by atomic mass is 9.48. The fraction of sp³-hybridized carbons (Fsp3) is 0.455. The number of hydrogen-bond donors (Lipinski definition) is 1. The Morgan fingerprint density at radius 2 is 1.38 bits per heavy atom. The fourth-order valence-corrected chi connectivity index (χ4v) is 7.38. The highest BCUT2D eigenvalue weighted by atomic mass is 32.2. The summed E-state index contributed by atoms with van der Waals surface area (Å²) in [4.78, 5) is 10.2. The minimum Gasteiger partial charge on any atom is -0.280 e. The molecule has 4 aliphatic carbocycles. The number of nitrogens with zero attached hydrogens (tertiary/aromatic N) is 1. The van der Waals surface area contributed by atoms with Crippen LogP contribution in [0, 0.1) is 27.9 Å². The normalized spacial score (nSPS) is 30.3. The van der Waals surface area contributed by atoms with Gasteiger partial charge in [0, 0.05) is 17.8 Å². The molecule has 1 N–H and O–H groups in total. The molecule has 6 nitrogen and oxygen atoms in total. The zero-order chi connectivity index (χ0) is 20.2. The SMILES string of the molecule is O=[N+]([O-])c1ccc(S(=O)(=O)Nc2ccc(C34CC5CC(CC(C5)C3)C4)cc2)cc1. The Morgan fingerprint density at radius 3 is 1.86 bits per heavy atom. The van der Waals surface area contributed by atoms with E-state index in [1.807, 2.05) is 12.1 Å². The van der Waals surface area contributed by atoms with E-state index in [2.05, 4.69) is 16.9 Å². The number of non-ortho nitro benzene ring substituents is 1. The summed E-state index contributed by atoms with van der Waals surface area (Å²) in [7, 11) is -3.79. The van der Waals surface area contributed by atoms with E-state index >= 15 is 0 Å². The van der Waals surface area contributed by atoms with Gasteiger partial charge in [0.1, 0.15) is 0 Å². The number of nitro groups is 1. The molecule has 4 bridgehead atoms. The Balaban J connectivity index is 1.35. The predicted molar refractivity (Wildman–Crippen MR) is 110 cm³/mol. The van der Waals surface area contributed by atoms with Crippen LogP contribution < -0.4 is 4.72 Å². The largest absolute Gasteiger partial charge is 0.280 e. The van der Waals surface area contributed by atoms with E-state index in [1.165, 1.54) is 68.4 Å². The molecule has 6 rings (SSSR count). The van der Waals surface area contributed by atoms with Crippen molar-refractivity contribution in [2.75, 3.05) is 4.72 Å². The summed E-state index contributed by atoms with van der Waals surface area (Å²) in [6.45, 7) is 0. The minimum absolute atomic E-state index is 0.00765. The molecule has 152 valence electrons. The average molecular weight is 413 g/mol. The standard InChI is InChI=1S/C22H24N2O4S/c25-24(26)20-5-7-21(8-6-20)29(27,28)23-19-3-1-18(2-4-19)22-12-15-9-16(13-22)11-17(10-15)14-22/h1-8,15-17,23H,9-14H2. The van der Waals surface area contributed by atoms with Gasteiger partial charge in [-0.2, -0.15) is 0 Å². The number of nitrogens with one attached hydrogen (secondary N) is 1. The maximum Gasteiger partial charge on any atom is 0.269 e. The second kappa shape index (κ2) is 6.55. The number of nitro benzene ring substituents is 1. The van der Waals surface area contributed by atoms with Crippen LogP contribution in [0.15, 0.2) is 53.4 Å². The van der Waals surface area contributed by atoms with Gasteiger partial charge >= 0.3 is 0 Å². The Morgan fingerprint density at radius 1 is 0.862 bits per heavy atom. The molecule has 4 aliphatic rings. The van der Waals surface area contributed by atoms with Gasteiger partial charge in [0.2, 0.25) is 0 Å². The van der Waals surface area contributed by atoms with Gasteiger partial charge in [0.05, 0.1) is 9.82 Å². The van der Waals surface area contributed by atoms with E-state index < -0.39 is 14.9 Å². The molecule has 2 aromatic carbocycles. The van der Waals surface area contributed by atoms with Crippen molar-refractivity contribution in [1.29, 1.82) is 0 Å². The van der Waals surface area contributed by atoms with Gasteiger partial charge in [-0.05, 0) is 91.5 Å². The summed E-state index contributed by atoms with van der Waals surface area (Å²) in [6, 6.07) is 12.8. The van der Waals surface area contributed by atoms with Crippen molar-refractivity contribution in [1.82, 2.24) is 0 Å². The molecule has 4 fully saturated rings. The molecule has 0 unspecified atom stereocenters. The van der Waals surface area contributed by atoms with E-state index in [-0.39, 0.29) is 16.0 Å². The maximum atomic E-state index is 12.6. The van der Waals surface area contributed by atoms with Gasteiger partial charge in [0.15, 0.2) is 0 Å². The summed E-state index contributed by atoms with van der Waals surface area (Å²) in [6.07, 6.45) is 8.00. The Labute approximate surface area is 170 Å². The van der Waals surface area contributed by atoms with Crippen molar-refractivity contribution in [3.8, 4) is 0 Å². The highest BCUT2D eigenvalue weighted by Gasteiger charge is 2.51. The molecular weight excluding hydrogens is 388 g/mol. The third-order valence-corrected chi connectivity index (χ3v) is 8.54. The van der Waals surface area contributed by atoms with Crippen LogP contribution in [0.3, 0.4) is 0 Å². The van der Waals surface area contributed by atoms with E-state index in [0.717, 1.165) is 17.8 Å². The van der Waals surface area contributed by atoms with Crippen molar-refractivity contribution >= 4 is 21.4 Å². The second-order valence-corrected chi connectivity index (χ2v) is 10.8. The molecule has 4 saturated carbocycles. The highest BCUT2D eigenvalue weighted by molar-refractivity contribution is 7.92. The van der Waals surface area contributed by atoms with Crippen molar-refractivity contribution in [3.63, 3.8) is 0 Å². The molecule has 0 atom stereocenters. The zero-order valence-electron chi connectivity index (χ0n) is 16.1. The number of rotatable bonds is 5. The van der Waals surface area contributed by atoms with E-state index in [9.17, 15) is 18.5 Å². The molecule has 7 heteroatoms. The third kappa shape index (κ3) is 3.31. The molecular formula is C22H24N2O4S. The van der Waals surface area contributed by atoms with Crippen molar-refractivity contribution in [2.45, 2.75) is 48.8 Å². The first-order valence-electron chi connectivity index (χ1n) is 10.2. The van der Waals surface area contributed by atoms with E-state index in [4.69, 9.17) is 0 Å². The van der Waals surface area contributed by atoms with Crippen LogP contribution in [-0.4, -0.2) is 13.3 Å². The lowest BCUT2D eigenvalue weighted by Crippen LogP contribution is -2.48. The van der Waals surface area contributed by atoms with E-state index in [0.29, 0.717) is 5.69 Å². The smallest absolute Gasteiger partial charge is 0.269 e. The molecule has 0 heterocycles. The highest BCUT2D eigenvalue weighted by Crippen LogP contribution is 2.60. The number of anilines is 1. The summed E-state index contributed by atoms with van der Waals surface area (Å²) >= 11 is 0. The molecule has 0 aromatic heterocycles. The first-order chi connectivity index (χ1) is 13.8. The molecule has 0 spiro atoms. The molecule has 0 saturated heterocycles. The van der Waals surface area contributed by atoms with Crippen molar-refractivity contribution in [2.24, 2.45) is 17.8 Å². The summed E-state index contributed by atoms with van der Waals surface area (Å²) in [5, 5.41) is 10.8. The summed E-state index contributed by atoms with van der Waals surface area (Å²) in [5.41, 5.74) is 2.00. The zero-order valence-corrected chi connectivity index (χ0v) is 16.9. The predicted octanol–water partition coefficient (Wildman–Crippen LogP) is 4.86. The van der Waals surface area contributed by atoms with Crippen LogP contribution in [0.5, 0.6) is 0 Å². The molecule has 0 amide bonds. The summed E-state index contributed by atoms with van der Waals surface area (Å²) in [5.74, 6) is 2.59. The molecule has 0 aliphatic heterocycles. The van der Waals surface area contributed by atoms with Crippen LogP contribution in [0.1, 0.15) is 44.1 Å². The number of benzene rings is 2. The third-order valence-electron chi connectivity index (χ3n) is 7.15. The summed E-state index contributed by atoms with van der Waals surface area (Å²) < 4.78 is 27.8. The quantitative estimate of drug-likeness (QED) is 0.561. The molecule has 29 heavy (non-hydrogen) atoms. The monoisotopic (exact) mass is 412 g/mol. The van der Waals surface area contributed by atoms with Gasteiger partial charge in [-0.15, -0.1) is 0 Å². The second-order valence-electron chi connectivity index (χ2n) is 9.13. The first kappa shape index (κ1) is 18.6. The van der Waals surface area contributed by atoms with Gasteiger partial charge in [-0.25, -0.2) is 8.42 Å². The van der Waals surface area contributed by atoms with Crippen LogP contribution >= 0.6 is 0 Å².